The Hall–Kier alpha value is -9.47. The molecule has 1 aliphatic heterocycles. The second kappa shape index (κ2) is 43.4. The molecule has 37 nitrogen and oxygen atoms in total. The van der Waals surface area contributed by atoms with Crippen LogP contribution in [0.3, 0.4) is 0 Å². The summed E-state index contributed by atoms with van der Waals surface area (Å²) in [5.74, 6) is -17.4. The molecule has 0 unspecified atom stereocenters. The first kappa shape index (κ1) is 88.6. The second-order valence-electron chi connectivity index (χ2n) is 26.6. The van der Waals surface area contributed by atoms with Gasteiger partial charge in [-0.25, -0.2) is 24.0 Å². The third-order valence-electron chi connectivity index (χ3n) is 16.6. The van der Waals surface area contributed by atoms with Crippen molar-refractivity contribution in [3.05, 3.63) is 29.8 Å². The summed E-state index contributed by atoms with van der Waals surface area (Å²) >= 11 is 0. The molecule has 0 aromatic heterocycles. The van der Waals surface area contributed by atoms with E-state index in [0.29, 0.717) is 5.19 Å². The molecule has 0 bridgehead atoms. The van der Waals surface area contributed by atoms with Crippen LogP contribution in [0.25, 0.3) is 0 Å². The molecule has 0 aliphatic carbocycles. The van der Waals surface area contributed by atoms with Gasteiger partial charge < -0.3 is 92.6 Å². The fourth-order valence-corrected chi connectivity index (χ4v) is 16.0. The zero-order valence-corrected chi connectivity index (χ0v) is 59.1. The predicted octanol–water partition coefficient (Wildman–Crippen LogP) is -1.72. The number of amides is 8. The predicted molar refractivity (Wildman–Crippen MR) is 359 cm³/mol. The van der Waals surface area contributed by atoms with E-state index in [0.717, 1.165) is 0 Å². The van der Waals surface area contributed by atoms with Gasteiger partial charge in [-0.05, 0) is 78.8 Å². The lowest BCUT2D eigenvalue weighted by molar-refractivity contribution is -0.145. The summed E-state index contributed by atoms with van der Waals surface area (Å²) in [4.78, 5) is 204. The van der Waals surface area contributed by atoms with Gasteiger partial charge in [-0.1, -0.05) is 53.7 Å². The zero-order chi connectivity index (χ0) is 77.2. The molecule has 39 heteroatoms. The number of hydrogen-bond donors (Lipinski definition) is 17. The molecule has 572 valence electrons. The lowest BCUT2D eigenvalue weighted by Crippen LogP contribution is -2.58. The van der Waals surface area contributed by atoms with Gasteiger partial charge in [0.25, 0.3) is 14.3 Å². The van der Waals surface area contributed by atoms with Crippen molar-refractivity contribution in [3.63, 3.8) is 0 Å². The van der Waals surface area contributed by atoms with Gasteiger partial charge in [-0.3, -0.25) is 72.3 Å². The average molecular weight is 1470 g/mol. The number of carbonyl (C=O) groups excluding carboxylic acids is 7. The number of halogens is 1. The number of benzene rings is 1. The number of hydrogen-bond acceptors (Lipinski definition) is 20. The van der Waals surface area contributed by atoms with Crippen molar-refractivity contribution in [2.75, 3.05) is 91.6 Å². The third-order valence-corrected chi connectivity index (χ3v) is 21.9. The Kier molecular flexibility index (Phi) is 37.7. The summed E-state index contributed by atoms with van der Waals surface area (Å²) in [5.41, 5.74) is -0.0342. The Morgan fingerprint density at radius 3 is 1.23 bits per heavy atom. The number of urea groups is 1. The first-order valence-corrected chi connectivity index (χ1v) is 34.9. The quantitative estimate of drug-likeness (QED) is 0.0197. The minimum Gasteiger partial charge on any atom is -0.481 e. The molecule has 1 aliphatic rings. The van der Waals surface area contributed by atoms with Crippen LogP contribution in [0.4, 0.5) is 8.90 Å². The summed E-state index contributed by atoms with van der Waals surface area (Å²) in [6.07, 6.45) is -4.07. The van der Waals surface area contributed by atoms with E-state index in [1.165, 1.54) is 43.9 Å². The summed E-state index contributed by atoms with van der Waals surface area (Å²) in [6, 6.07) is -5.23. The largest absolute Gasteiger partial charge is 0.481 e. The highest BCUT2D eigenvalue weighted by Gasteiger charge is 2.56. The molecular weight excluding hydrogens is 1370 g/mol. The SMILES string of the molecule is CC(C)(C)[Si](F)(c1ccc(C(=O)N[C@@H](CNC(=O)CC[C@H](C(=O)O)N2CCN(CC(=O)O)CCN(CC(=O)O)CCN(CC(=O)O)CC2)C(=O)N[C@H](CCCCNC(=O)CCC(=O)NCCC[C@H](NC(=O)CC[C@H](NC(=O)N[C@@H](CCC(=O)O)C(=O)O)C(=O)O)C(=O)O)C(=O)O)cc1)C(C)(C)C. The van der Waals surface area contributed by atoms with Crippen LogP contribution in [0, 0.1) is 0 Å². The molecule has 6 atom stereocenters. The number of rotatable bonds is 43. The van der Waals surface area contributed by atoms with Gasteiger partial charge in [0, 0.05) is 110 Å². The number of nitrogens with one attached hydrogen (secondary N) is 8. The normalized spacial score (nSPS) is 15.6. The van der Waals surface area contributed by atoms with E-state index in [4.69, 9.17) is 5.11 Å². The third kappa shape index (κ3) is 32.9. The topological polar surface area (TPSA) is 564 Å². The fourth-order valence-electron chi connectivity index (χ4n) is 11.3. The summed E-state index contributed by atoms with van der Waals surface area (Å²) in [7, 11) is -3.81. The van der Waals surface area contributed by atoms with E-state index < -0.39 is 208 Å². The van der Waals surface area contributed by atoms with E-state index in [1.54, 1.807) is 41.5 Å². The van der Waals surface area contributed by atoms with Crippen LogP contribution in [0.2, 0.25) is 10.1 Å². The van der Waals surface area contributed by atoms with E-state index in [-0.39, 0.29) is 122 Å². The van der Waals surface area contributed by atoms with Gasteiger partial charge in [-0.2, -0.15) is 0 Å². The first-order chi connectivity index (χ1) is 47.5. The van der Waals surface area contributed by atoms with Crippen LogP contribution in [0.5, 0.6) is 0 Å². The highest BCUT2D eigenvalue weighted by atomic mass is 28.4. The molecule has 0 saturated carbocycles. The molecule has 1 fully saturated rings. The van der Waals surface area contributed by atoms with Crippen molar-refractivity contribution in [1.82, 2.24) is 62.1 Å². The number of nitrogens with zero attached hydrogens (tertiary/aromatic N) is 4. The first-order valence-electron chi connectivity index (χ1n) is 33.0. The van der Waals surface area contributed by atoms with Crippen LogP contribution in [0.1, 0.15) is 135 Å². The molecule has 0 radical (unpaired) electrons. The van der Waals surface area contributed by atoms with Gasteiger partial charge in [0.2, 0.25) is 29.5 Å². The van der Waals surface area contributed by atoms with Crippen LogP contribution < -0.4 is 47.7 Å². The monoisotopic (exact) mass is 1470 g/mol. The molecule has 102 heavy (non-hydrogen) atoms. The van der Waals surface area contributed by atoms with Crippen LogP contribution >= 0.6 is 0 Å². The number of carboxylic acid groups (broad SMARTS) is 9. The van der Waals surface area contributed by atoms with Crippen molar-refractivity contribution in [3.8, 4) is 0 Å². The minimum absolute atomic E-state index is 0.000572. The maximum Gasteiger partial charge on any atom is 0.326 e. The second-order valence-corrected chi connectivity index (χ2v) is 31.5. The van der Waals surface area contributed by atoms with Gasteiger partial charge in [0.05, 0.1) is 19.6 Å². The summed E-state index contributed by atoms with van der Waals surface area (Å²) in [6.45, 7) is 8.55. The Balaban J connectivity index is 2.13. The maximum atomic E-state index is 17.2. The van der Waals surface area contributed by atoms with Gasteiger partial charge in [-0.15, -0.1) is 0 Å². The molecule has 2 rings (SSSR count). The highest BCUT2D eigenvalue weighted by molar-refractivity contribution is 6.90. The molecule has 8 amide bonds. The van der Waals surface area contributed by atoms with Crippen molar-refractivity contribution < 1.29 is 127 Å². The minimum atomic E-state index is -3.81. The van der Waals surface area contributed by atoms with Gasteiger partial charge in [0.1, 0.15) is 36.3 Å². The van der Waals surface area contributed by atoms with E-state index in [2.05, 4.69) is 31.9 Å². The Morgan fingerprint density at radius 2 is 0.804 bits per heavy atom. The van der Waals surface area contributed by atoms with E-state index in [9.17, 15) is 118 Å². The molecule has 1 heterocycles. The van der Waals surface area contributed by atoms with Crippen molar-refractivity contribution in [1.29, 1.82) is 0 Å². The molecule has 1 aromatic rings. The summed E-state index contributed by atoms with van der Waals surface area (Å²) in [5, 5.41) is 104. The standard InChI is InChI=1S/C63H99FN12O25Si/c1-62(2,3)102(64,63(4,5)6)39-14-12-38(13-15-39)54(89)70-44(34-67-48(79)20-18-45(60(99)100)76-32-30-74(36-52(85)86)28-26-73(35-51(83)84)27-29-75(31-33-76)37-53(87)88)55(90)69-41(57(93)94)10-7-8-24-65-46(77)21-22-47(78)66-25-9-11-40(56(91)92)68-49(80)19-16-42(58(95)96)71-61(101)72-43(59(97)98)17-23-50(81)82/h12-15,40-45H,7-11,16-37H2,1-6H3,(H,65,77)(H,66,78)(H,67,79)(H,68,80)(H,69,90)(H,70,89)(H,81,82)(H,83,84)(H,85,86)(H,87,88)(H,91,92)(H,93,94)(H,95,96)(H,97,98)(H,99,100)(H2,71,72,101)/t40-,41+,42-,43-,44-,45+/m0/s1. The van der Waals surface area contributed by atoms with Gasteiger partial charge in [0.15, 0.2) is 0 Å². The summed E-state index contributed by atoms with van der Waals surface area (Å²) < 4.78 is 17.2. The number of carboxylic acids is 9. The average Bonchev–Trinajstić information content (AvgIpc) is 0.748. The fraction of sp³-hybridized carbons (Fsp3) is 0.651. The van der Waals surface area contributed by atoms with Crippen molar-refractivity contribution in [2.24, 2.45) is 0 Å². The van der Waals surface area contributed by atoms with Crippen molar-refractivity contribution >= 4 is 109 Å². The lowest BCUT2D eigenvalue weighted by atomic mass is 10.1. The number of unbranched alkanes of at least 4 members (excludes halogenated alkanes) is 1. The molecule has 0 spiro atoms. The molecular formula is C63H99FN12O25Si. The maximum absolute atomic E-state index is 17.2. The zero-order valence-electron chi connectivity index (χ0n) is 58.1. The molecule has 1 saturated heterocycles. The van der Waals surface area contributed by atoms with Crippen LogP contribution in [0.15, 0.2) is 24.3 Å². The van der Waals surface area contributed by atoms with E-state index in [1.807, 2.05) is 10.6 Å². The number of aliphatic carboxylic acids is 9. The molecule has 17 N–H and O–H groups in total. The Bertz CT molecular complexity index is 3050. The lowest BCUT2D eigenvalue weighted by Gasteiger charge is -2.44. The van der Waals surface area contributed by atoms with Crippen LogP contribution in [-0.2, 0) is 67.1 Å². The van der Waals surface area contributed by atoms with Crippen molar-refractivity contribution in [2.45, 2.75) is 171 Å². The van der Waals surface area contributed by atoms with E-state index >= 15 is 4.11 Å². The van der Waals surface area contributed by atoms with Gasteiger partial charge >= 0.3 is 59.8 Å². The Morgan fingerprint density at radius 1 is 0.412 bits per heavy atom. The van der Waals surface area contributed by atoms with Crippen LogP contribution in [-0.4, -0.2) is 297 Å². The highest BCUT2D eigenvalue weighted by Crippen LogP contribution is 2.51. The number of carbonyl (C=O) groups is 16. The molecule has 1 aromatic carbocycles. The smallest absolute Gasteiger partial charge is 0.326 e. The Labute approximate surface area is 588 Å².